The molecule has 0 aromatic carbocycles. The van der Waals surface area contributed by atoms with Gasteiger partial charge < -0.3 is 5.73 Å². The number of terminal acetylenes is 1. The largest absolute Gasteiger partial charge is 0.381 e. The smallest absolute Gasteiger partial charge is 0.156 e. The fraction of sp³-hybridized carbons (Fsp3) is 0.143. The van der Waals surface area contributed by atoms with Crippen molar-refractivity contribution in [3.8, 4) is 12.3 Å². The number of anilines is 1. The van der Waals surface area contributed by atoms with E-state index >= 15 is 0 Å². The van der Waals surface area contributed by atoms with Gasteiger partial charge >= 0.3 is 0 Å². The molecule has 1 rings (SSSR count). The number of rotatable bonds is 2. The molecule has 2 N–H and O–H groups in total. The average Bonchev–Trinajstić information content (AvgIpc) is 2.03. The Kier molecular flexibility index (Phi) is 2.75. The maximum absolute atomic E-state index is 5.50. The van der Waals surface area contributed by atoms with Gasteiger partial charge in [-0.1, -0.05) is 17.7 Å². The zero-order valence-electron chi connectivity index (χ0n) is 5.82. The molecule has 0 atom stereocenters. The lowest BCUT2D eigenvalue weighted by atomic mass is 10.7. The highest BCUT2D eigenvalue weighted by atomic mass is 32.2. The molecule has 0 bridgehead atoms. The highest BCUT2D eigenvalue weighted by Gasteiger charge is 1.98. The van der Waals surface area contributed by atoms with Crippen molar-refractivity contribution in [1.29, 1.82) is 0 Å². The lowest BCUT2D eigenvalue weighted by Crippen LogP contribution is -1.94. The van der Waals surface area contributed by atoms with E-state index in [1.807, 2.05) is 0 Å². The minimum atomic E-state index is 0.438. The predicted octanol–water partition coefficient (Wildman–Crippen LogP) is 0.784. The van der Waals surface area contributed by atoms with Gasteiger partial charge in [0.1, 0.15) is 5.03 Å². The van der Waals surface area contributed by atoms with E-state index < -0.39 is 0 Å². The van der Waals surface area contributed by atoms with E-state index in [-0.39, 0.29) is 0 Å². The normalized spacial score (nSPS) is 9.00. The standard InChI is InChI=1S/C7H7N3S/c1-2-5-11-7-6(8)9-3-4-10-7/h1,3-4H,5H2,(H2,8,9). The molecule has 4 heteroatoms. The van der Waals surface area contributed by atoms with Crippen LogP contribution >= 0.6 is 11.8 Å². The van der Waals surface area contributed by atoms with E-state index in [1.165, 1.54) is 11.8 Å². The van der Waals surface area contributed by atoms with Crippen molar-refractivity contribution in [2.45, 2.75) is 5.03 Å². The van der Waals surface area contributed by atoms with Gasteiger partial charge in [0.25, 0.3) is 0 Å². The molecule has 0 aliphatic carbocycles. The lowest BCUT2D eigenvalue weighted by Gasteiger charge is -1.97. The molecule has 0 fully saturated rings. The zero-order chi connectivity index (χ0) is 8.10. The third-order valence-electron chi connectivity index (χ3n) is 0.983. The first-order valence-electron chi connectivity index (χ1n) is 2.97. The number of thioether (sulfide) groups is 1. The maximum atomic E-state index is 5.50. The maximum Gasteiger partial charge on any atom is 0.156 e. The number of nitrogens with two attached hydrogens (primary N) is 1. The summed E-state index contributed by atoms with van der Waals surface area (Å²) in [7, 11) is 0. The number of hydrogen-bond donors (Lipinski definition) is 1. The van der Waals surface area contributed by atoms with E-state index in [2.05, 4.69) is 15.9 Å². The Labute approximate surface area is 69.4 Å². The summed E-state index contributed by atoms with van der Waals surface area (Å²) in [5.41, 5.74) is 5.50. The van der Waals surface area contributed by atoms with Crippen LogP contribution in [0.4, 0.5) is 5.82 Å². The second-order valence-electron chi connectivity index (χ2n) is 1.74. The summed E-state index contributed by atoms with van der Waals surface area (Å²) < 4.78 is 0. The Bertz CT molecular complexity index is 279. The van der Waals surface area contributed by atoms with Gasteiger partial charge in [0.2, 0.25) is 0 Å². The third-order valence-corrected chi connectivity index (χ3v) is 1.88. The summed E-state index contributed by atoms with van der Waals surface area (Å²) in [6.45, 7) is 0. The first-order chi connectivity index (χ1) is 5.34. The minimum Gasteiger partial charge on any atom is -0.381 e. The molecule has 56 valence electrons. The van der Waals surface area contributed by atoms with Crippen LogP contribution in [0.1, 0.15) is 0 Å². The average molecular weight is 165 g/mol. The molecule has 0 saturated heterocycles. The molecule has 0 spiro atoms. The number of hydrogen-bond acceptors (Lipinski definition) is 4. The Morgan fingerprint density at radius 1 is 1.55 bits per heavy atom. The van der Waals surface area contributed by atoms with E-state index in [4.69, 9.17) is 12.2 Å². The molecule has 1 aromatic heterocycles. The molecule has 0 aliphatic rings. The van der Waals surface area contributed by atoms with Crippen LogP contribution in [0.2, 0.25) is 0 Å². The fourth-order valence-corrected chi connectivity index (χ4v) is 1.11. The van der Waals surface area contributed by atoms with Gasteiger partial charge in [-0.05, 0) is 0 Å². The van der Waals surface area contributed by atoms with Gasteiger partial charge in [0, 0.05) is 12.4 Å². The summed E-state index contributed by atoms with van der Waals surface area (Å²) in [5, 5.41) is 0.699. The van der Waals surface area contributed by atoms with Gasteiger partial charge in [0.15, 0.2) is 5.82 Å². The Balaban J connectivity index is 2.71. The molecule has 1 heterocycles. The topological polar surface area (TPSA) is 51.8 Å². The first-order valence-corrected chi connectivity index (χ1v) is 3.96. The molecular formula is C7H7N3S. The van der Waals surface area contributed by atoms with Crippen molar-refractivity contribution < 1.29 is 0 Å². The highest BCUT2D eigenvalue weighted by molar-refractivity contribution is 7.99. The van der Waals surface area contributed by atoms with Crippen LogP contribution in [0.5, 0.6) is 0 Å². The molecule has 1 aromatic rings. The molecule has 3 nitrogen and oxygen atoms in total. The van der Waals surface area contributed by atoms with Crippen LogP contribution in [0, 0.1) is 12.3 Å². The summed E-state index contributed by atoms with van der Waals surface area (Å²) in [6, 6.07) is 0. The zero-order valence-corrected chi connectivity index (χ0v) is 6.64. The number of nitrogens with zero attached hydrogens (tertiary/aromatic N) is 2. The van der Waals surface area contributed by atoms with E-state index in [0.717, 1.165) is 0 Å². The van der Waals surface area contributed by atoms with Gasteiger partial charge in [-0.2, -0.15) is 0 Å². The van der Waals surface area contributed by atoms with Crippen LogP contribution in [0.25, 0.3) is 0 Å². The molecule has 0 unspecified atom stereocenters. The monoisotopic (exact) mass is 165 g/mol. The van der Waals surface area contributed by atoms with Gasteiger partial charge in [-0.25, -0.2) is 9.97 Å². The molecule has 0 saturated carbocycles. The van der Waals surface area contributed by atoms with Crippen LogP contribution in [0.3, 0.4) is 0 Å². The third kappa shape index (κ3) is 2.13. The van der Waals surface area contributed by atoms with Crippen molar-refractivity contribution in [2.75, 3.05) is 11.5 Å². The molecule has 0 aliphatic heterocycles. The van der Waals surface area contributed by atoms with Gasteiger partial charge in [-0.3, -0.25) is 0 Å². The molecular weight excluding hydrogens is 158 g/mol. The van der Waals surface area contributed by atoms with Gasteiger partial charge in [0.05, 0.1) is 5.75 Å². The van der Waals surface area contributed by atoms with Crippen molar-refractivity contribution in [3.63, 3.8) is 0 Å². The van der Waals surface area contributed by atoms with Gasteiger partial charge in [-0.15, -0.1) is 6.42 Å². The van der Waals surface area contributed by atoms with Crippen molar-refractivity contribution in [3.05, 3.63) is 12.4 Å². The van der Waals surface area contributed by atoms with Crippen molar-refractivity contribution in [1.82, 2.24) is 9.97 Å². The SMILES string of the molecule is C#CCSc1nccnc1N. The number of nitrogen functional groups attached to an aromatic ring is 1. The summed E-state index contributed by atoms with van der Waals surface area (Å²) >= 11 is 1.41. The van der Waals surface area contributed by atoms with Crippen LogP contribution < -0.4 is 5.73 Å². The Morgan fingerprint density at radius 2 is 2.27 bits per heavy atom. The fourth-order valence-electron chi connectivity index (χ4n) is 0.557. The summed E-state index contributed by atoms with van der Waals surface area (Å²) in [6.07, 6.45) is 8.21. The molecule has 0 radical (unpaired) electrons. The highest BCUT2D eigenvalue weighted by Crippen LogP contribution is 2.18. The molecule has 11 heavy (non-hydrogen) atoms. The van der Waals surface area contributed by atoms with Crippen LogP contribution in [-0.2, 0) is 0 Å². The Morgan fingerprint density at radius 3 is 2.91 bits per heavy atom. The molecule has 0 amide bonds. The van der Waals surface area contributed by atoms with Crippen LogP contribution in [0.15, 0.2) is 17.4 Å². The van der Waals surface area contributed by atoms with Crippen molar-refractivity contribution >= 4 is 17.6 Å². The minimum absolute atomic E-state index is 0.438. The summed E-state index contributed by atoms with van der Waals surface area (Å²) in [4.78, 5) is 7.85. The first kappa shape index (κ1) is 7.89. The number of aromatic nitrogens is 2. The second kappa shape index (κ2) is 3.84. The second-order valence-corrected chi connectivity index (χ2v) is 2.70. The lowest BCUT2D eigenvalue weighted by molar-refractivity contribution is 1.07. The summed E-state index contributed by atoms with van der Waals surface area (Å²) in [5.74, 6) is 3.49. The van der Waals surface area contributed by atoms with Crippen LogP contribution in [-0.4, -0.2) is 15.7 Å². The van der Waals surface area contributed by atoms with E-state index in [0.29, 0.717) is 16.6 Å². The quantitative estimate of drug-likeness (QED) is 0.520. The van der Waals surface area contributed by atoms with E-state index in [1.54, 1.807) is 12.4 Å². The van der Waals surface area contributed by atoms with Crippen molar-refractivity contribution in [2.24, 2.45) is 0 Å². The predicted molar refractivity (Wildman–Crippen MR) is 46.0 cm³/mol. The Hall–Kier alpha value is -1.21. The van der Waals surface area contributed by atoms with E-state index in [9.17, 15) is 0 Å².